The van der Waals surface area contributed by atoms with Crippen LogP contribution in [0.2, 0.25) is 5.02 Å². The molecular formula is C21H22ClNO4. The molecule has 27 heavy (non-hydrogen) atoms. The molecule has 1 N–H and O–H groups in total. The molecule has 0 spiro atoms. The van der Waals surface area contributed by atoms with Gasteiger partial charge in [-0.2, -0.15) is 0 Å². The monoisotopic (exact) mass is 387 g/mol. The fourth-order valence-corrected chi connectivity index (χ4v) is 3.63. The number of halogens is 1. The number of carboxylic acid groups (broad SMARTS) is 1. The Morgan fingerprint density at radius 3 is 2.48 bits per heavy atom. The molecule has 2 unspecified atom stereocenters. The van der Waals surface area contributed by atoms with Gasteiger partial charge in [-0.05, 0) is 37.6 Å². The highest BCUT2D eigenvalue weighted by atomic mass is 35.5. The Hall–Kier alpha value is -2.53. The van der Waals surface area contributed by atoms with Crippen LogP contribution in [0.4, 0.5) is 0 Å². The first kappa shape index (κ1) is 19.2. The number of hydrogen-bond acceptors (Lipinski definition) is 3. The molecule has 1 aliphatic rings. The van der Waals surface area contributed by atoms with Crippen molar-refractivity contribution in [3.8, 4) is 5.75 Å². The van der Waals surface area contributed by atoms with Crippen LogP contribution in [0, 0.1) is 5.92 Å². The van der Waals surface area contributed by atoms with Gasteiger partial charge in [-0.15, -0.1) is 0 Å². The summed E-state index contributed by atoms with van der Waals surface area (Å²) >= 11 is 6.09. The van der Waals surface area contributed by atoms with Crippen LogP contribution in [0.1, 0.15) is 35.7 Å². The smallest absolute Gasteiger partial charge is 0.308 e. The highest BCUT2D eigenvalue weighted by molar-refractivity contribution is 6.31. The number of nitrogens with zero attached hydrogens (tertiary/aromatic N) is 1. The predicted octanol–water partition coefficient (Wildman–Crippen LogP) is 4.07. The van der Waals surface area contributed by atoms with Crippen molar-refractivity contribution in [1.82, 2.24) is 4.90 Å². The maximum Gasteiger partial charge on any atom is 0.308 e. The Morgan fingerprint density at radius 2 is 1.85 bits per heavy atom. The Bertz CT molecular complexity index is 837. The molecule has 0 aromatic heterocycles. The Morgan fingerprint density at radius 1 is 1.15 bits per heavy atom. The lowest BCUT2D eigenvalue weighted by Gasteiger charge is -2.20. The summed E-state index contributed by atoms with van der Waals surface area (Å²) in [6, 6.07) is 14.4. The van der Waals surface area contributed by atoms with Crippen LogP contribution in [-0.2, 0) is 4.79 Å². The minimum Gasteiger partial charge on any atom is -0.490 e. The highest BCUT2D eigenvalue weighted by Gasteiger charge is 2.41. The number of amides is 1. The van der Waals surface area contributed by atoms with E-state index >= 15 is 0 Å². The largest absolute Gasteiger partial charge is 0.490 e. The van der Waals surface area contributed by atoms with E-state index in [-0.39, 0.29) is 24.5 Å². The van der Waals surface area contributed by atoms with Gasteiger partial charge < -0.3 is 14.7 Å². The number of rotatable bonds is 5. The first-order valence-electron chi connectivity index (χ1n) is 8.90. The van der Waals surface area contributed by atoms with Gasteiger partial charge in [0.05, 0.1) is 17.6 Å². The van der Waals surface area contributed by atoms with Gasteiger partial charge in [-0.3, -0.25) is 9.59 Å². The zero-order valence-electron chi connectivity index (χ0n) is 15.3. The predicted molar refractivity (Wildman–Crippen MR) is 103 cm³/mol. The molecule has 2 aromatic carbocycles. The fourth-order valence-electron chi connectivity index (χ4n) is 3.45. The molecule has 1 amide bonds. The quantitative estimate of drug-likeness (QED) is 0.839. The van der Waals surface area contributed by atoms with E-state index < -0.39 is 11.9 Å². The average Bonchev–Trinajstić information content (AvgIpc) is 3.09. The van der Waals surface area contributed by atoms with Gasteiger partial charge in [-0.25, -0.2) is 0 Å². The van der Waals surface area contributed by atoms with Crippen LogP contribution in [-0.4, -0.2) is 41.1 Å². The van der Waals surface area contributed by atoms with E-state index in [9.17, 15) is 14.7 Å². The third kappa shape index (κ3) is 4.25. The third-order valence-electron chi connectivity index (χ3n) is 4.69. The normalized spacial score (nSPS) is 19.3. The van der Waals surface area contributed by atoms with E-state index in [1.165, 1.54) is 0 Å². The maximum atomic E-state index is 13.1. The van der Waals surface area contributed by atoms with E-state index in [2.05, 4.69) is 0 Å². The molecule has 3 rings (SSSR count). The molecule has 142 valence electrons. The summed E-state index contributed by atoms with van der Waals surface area (Å²) in [6.45, 7) is 4.25. The summed E-state index contributed by atoms with van der Waals surface area (Å²) in [6.07, 6.45) is -0.0971. The second kappa shape index (κ2) is 8.01. The third-order valence-corrected chi connectivity index (χ3v) is 4.92. The number of carbonyl (C=O) groups excluding carboxylic acids is 1. The molecule has 0 radical (unpaired) electrons. The number of aliphatic carboxylic acids is 1. The first-order chi connectivity index (χ1) is 12.9. The maximum absolute atomic E-state index is 13.1. The molecule has 0 aliphatic carbocycles. The van der Waals surface area contributed by atoms with E-state index in [0.29, 0.717) is 22.9 Å². The molecule has 1 heterocycles. The van der Waals surface area contributed by atoms with Crippen molar-refractivity contribution in [2.24, 2.45) is 5.92 Å². The second-order valence-corrected chi connectivity index (χ2v) is 7.42. The van der Waals surface area contributed by atoms with Crippen molar-refractivity contribution < 1.29 is 19.4 Å². The van der Waals surface area contributed by atoms with Crippen LogP contribution in [0.3, 0.4) is 0 Å². The molecule has 6 heteroatoms. The van der Waals surface area contributed by atoms with Crippen LogP contribution in [0.25, 0.3) is 0 Å². The van der Waals surface area contributed by atoms with E-state index in [1.807, 2.05) is 44.2 Å². The van der Waals surface area contributed by atoms with Crippen molar-refractivity contribution in [3.05, 3.63) is 64.7 Å². The van der Waals surface area contributed by atoms with Crippen molar-refractivity contribution in [2.45, 2.75) is 25.9 Å². The summed E-state index contributed by atoms with van der Waals surface area (Å²) in [7, 11) is 0. The van der Waals surface area contributed by atoms with Crippen LogP contribution >= 0.6 is 11.6 Å². The molecule has 1 saturated heterocycles. The zero-order valence-corrected chi connectivity index (χ0v) is 16.0. The first-order valence-corrected chi connectivity index (χ1v) is 9.28. The zero-order chi connectivity index (χ0) is 19.6. The minimum absolute atomic E-state index is 0.0971. The standard InChI is InChI=1S/C21H22ClNO4/c1-13(2)27-19-9-8-15(22)10-16(19)20(24)23-11-17(18(12-23)21(25)26)14-6-4-3-5-7-14/h3-10,13,17-18H,11-12H2,1-2H3,(H,25,26). The lowest BCUT2D eigenvalue weighted by molar-refractivity contribution is -0.141. The fraction of sp³-hybridized carbons (Fsp3) is 0.333. The van der Waals surface area contributed by atoms with E-state index in [4.69, 9.17) is 16.3 Å². The van der Waals surface area contributed by atoms with E-state index in [0.717, 1.165) is 5.56 Å². The van der Waals surface area contributed by atoms with Crippen LogP contribution in [0.15, 0.2) is 48.5 Å². The summed E-state index contributed by atoms with van der Waals surface area (Å²) in [5.74, 6) is -1.61. The van der Waals surface area contributed by atoms with Crippen molar-refractivity contribution in [3.63, 3.8) is 0 Å². The molecule has 1 aliphatic heterocycles. The van der Waals surface area contributed by atoms with Gasteiger partial charge in [0, 0.05) is 24.0 Å². The minimum atomic E-state index is -0.899. The van der Waals surface area contributed by atoms with Crippen molar-refractivity contribution in [2.75, 3.05) is 13.1 Å². The SMILES string of the molecule is CC(C)Oc1ccc(Cl)cc1C(=O)N1CC(C(=O)O)C(c2ccccc2)C1. The molecule has 0 saturated carbocycles. The highest BCUT2D eigenvalue weighted by Crippen LogP contribution is 2.35. The number of likely N-dealkylation sites (tertiary alicyclic amines) is 1. The van der Waals surface area contributed by atoms with E-state index in [1.54, 1.807) is 23.1 Å². The van der Waals surface area contributed by atoms with Crippen molar-refractivity contribution in [1.29, 1.82) is 0 Å². The summed E-state index contributed by atoms with van der Waals surface area (Å²) in [5, 5.41) is 10.1. The number of hydrogen-bond donors (Lipinski definition) is 1. The molecule has 2 aromatic rings. The Labute approximate surface area is 163 Å². The summed E-state index contributed by atoms with van der Waals surface area (Å²) in [4.78, 5) is 26.5. The summed E-state index contributed by atoms with van der Waals surface area (Å²) in [5.41, 5.74) is 1.28. The van der Waals surface area contributed by atoms with Crippen LogP contribution < -0.4 is 4.74 Å². The van der Waals surface area contributed by atoms with Gasteiger partial charge in [0.2, 0.25) is 0 Å². The number of benzene rings is 2. The number of carbonyl (C=O) groups is 2. The van der Waals surface area contributed by atoms with Gasteiger partial charge in [-0.1, -0.05) is 41.9 Å². The molecule has 1 fully saturated rings. The van der Waals surface area contributed by atoms with Gasteiger partial charge in [0.15, 0.2) is 0 Å². The molecule has 2 atom stereocenters. The van der Waals surface area contributed by atoms with Gasteiger partial charge in [0.1, 0.15) is 5.75 Å². The van der Waals surface area contributed by atoms with Gasteiger partial charge in [0.25, 0.3) is 5.91 Å². The number of ether oxygens (including phenoxy) is 1. The molecular weight excluding hydrogens is 366 g/mol. The van der Waals surface area contributed by atoms with Crippen LogP contribution in [0.5, 0.6) is 5.75 Å². The lowest BCUT2D eigenvalue weighted by Crippen LogP contribution is -2.30. The molecule has 0 bridgehead atoms. The Kier molecular flexibility index (Phi) is 5.71. The second-order valence-electron chi connectivity index (χ2n) is 6.98. The Balaban J connectivity index is 1.90. The average molecular weight is 388 g/mol. The molecule has 5 nitrogen and oxygen atoms in total. The summed E-state index contributed by atoms with van der Waals surface area (Å²) < 4.78 is 5.74. The van der Waals surface area contributed by atoms with Crippen molar-refractivity contribution >= 4 is 23.5 Å². The lowest BCUT2D eigenvalue weighted by atomic mass is 9.89. The topological polar surface area (TPSA) is 66.8 Å². The number of carboxylic acids is 1. The van der Waals surface area contributed by atoms with Gasteiger partial charge >= 0.3 is 5.97 Å².